The zero-order valence-corrected chi connectivity index (χ0v) is 10.6. The highest BCUT2D eigenvalue weighted by Crippen LogP contribution is 2.14. The Labute approximate surface area is 105 Å². The largest absolute Gasteiger partial charge is 0.363 e. The summed E-state index contributed by atoms with van der Waals surface area (Å²) in [5.74, 6) is 0.502. The van der Waals surface area contributed by atoms with E-state index in [0.717, 1.165) is 17.0 Å². The van der Waals surface area contributed by atoms with Crippen LogP contribution in [0.3, 0.4) is 0 Å². The van der Waals surface area contributed by atoms with Crippen molar-refractivity contribution in [3.8, 4) is 6.07 Å². The minimum absolute atomic E-state index is 0.302. The third kappa shape index (κ3) is 2.15. The van der Waals surface area contributed by atoms with Gasteiger partial charge in [0.05, 0.1) is 5.69 Å². The fourth-order valence-corrected chi connectivity index (χ4v) is 1.79. The number of anilines is 1. The lowest BCUT2D eigenvalue weighted by Gasteiger charge is -2.06. The van der Waals surface area contributed by atoms with E-state index < -0.39 is 0 Å². The van der Waals surface area contributed by atoms with Gasteiger partial charge in [-0.3, -0.25) is 4.68 Å². The maximum atomic E-state index is 8.92. The van der Waals surface area contributed by atoms with Crippen LogP contribution in [-0.4, -0.2) is 19.7 Å². The molecular weight excluding hydrogens is 228 g/mol. The first-order valence-electron chi connectivity index (χ1n) is 5.57. The normalized spacial score (nSPS) is 10.1. The quantitative estimate of drug-likeness (QED) is 0.877. The molecule has 0 unspecified atom stereocenters. The van der Waals surface area contributed by atoms with Gasteiger partial charge in [-0.1, -0.05) is 0 Å². The van der Waals surface area contributed by atoms with Crippen molar-refractivity contribution in [2.45, 2.75) is 20.4 Å². The van der Waals surface area contributed by atoms with Crippen LogP contribution >= 0.6 is 0 Å². The average Bonchev–Trinajstić information content (AvgIpc) is 2.62. The monoisotopic (exact) mass is 242 g/mol. The van der Waals surface area contributed by atoms with Crippen LogP contribution in [0.25, 0.3) is 0 Å². The van der Waals surface area contributed by atoms with Crippen LogP contribution < -0.4 is 5.32 Å². The van der Waals surface area contributed by atoms with Crippen LogP contribution in [0.4, 0.5) is 5.82 Å². The molecule has 0 fully saturated rings. The molecule has 0 amide bonds. The molecule has 6 heteroatoms. The third-order valence-electron chi connectivity index (χ3n) is 2.90. The molecule has 18 heavy (non-hydrogen) atoms. The van der Waals surface area contributed by atoms with Crippen LogP contribution in [0.1, 0.15) is 22.6 Å². The van der Waals surface area contributed by atoms with Crippen molar-refractivity contribution in [2.75, 3.05) is 5.32 Å². The molecule has 0 atom stereocenters. The van der Waals surface area contributed by atoms with E-state index in [4.69, 9.17) is 5.26 Å². The van der Waals surface area contributed by atoms with E-state index >= 15 is 0 Å². The van der Waals surface area contributed by atoms with Gasteiger partial charge in [-0.25, -0.2) is 9.97 Å². The summed E-state index contributed by atoms with van der Waals surface area (Å²) in [6.45, 7) is 4.56. The Morgan fingerprint density at radius 2 is 2.06 bits per heavy atom. The SMILES string of the molecule is Cc1nn(C)c(C)c1CNc1nccnc1C#N. The van der Waals surface area contributed by atoms with Crippen molar-refractivity contribution in [3.05, 3.63) is 35.0 Å². The van der Waals surface area contributed by atoms with Crippen LogP contribution in [0.5, 0.6) is 0 Å². The molecule has 2 rings (SSSR count). The highest BCUT2D eigenvalue weighted by molar-refractivity contribution is 5.47. The molecule has 0 radical (unpaired) electrons. The van der Waals surface area contributed by atoms with Gasteiger partial charge in [0.25, 0.3) is 0 Å². The molecule has 0 saturated carbocycles. The Morgan fingerprint density at radius 1 is 1.33 bits per heavy atom. The van der Waals surface area contributed by atoms with E-state index in [2.05, 4.69) is 20.4 Å². The van der Waals surface area contributed by atoms with E-state index in [1.54, 1.807) is 6.20 Å². The van der Waals surface area contributed by atoms with Crippen molar-refractivity contribution < 1.29 is 0 Å². The maximum Gasteiger partial charge on any atom is 0.182 e. The molecule has 0 aliphatic heterocycles. The second-order valence-corrected chi connectivity index (χ2v) is 3.99. The summed E-state index contributed by atoms with van der Waals surface area (Å²) >= 11 is 0. The molecule has 1 N–H and O–H groups in total. The second kappa shape index (κ2) is 4.84. The first kappa shape index (κ1) is 12.0. The highest BCUT2D eigenvalue weighted by Gasteiger charge is 2.10. The van der Waals surface area contributed by atoms with Gasteiger partial charge in [0, 0.05) is 37.2 Å². The van der Waals surface area contributed by atoms with E-state index in [1.165, 1.54) is 6.20 Å². The molecule has 0 aliphatic carbocycles. The number of nitrogens with zero attached hydrogens (tertiary/aromatic N) is 5. The van der Waals surface area contributed by atoms with Gasteiger partial charge in [-0.2, -0.15) is 10.4 Å². The molecule has 0 spiro atoms. The smallest absolute Gasteiger partial charge is 0.182 e. The highest BCUT2D eigenvalue weighted by atomic mass is 15.3. The summed E-state index contributed by atoms with van der Waals surface area (Å²) in [5, 5.41) is 16.4. The van der Waals surface area contributed by atoms with Gasteiger partial charge in [0.15, 0.2) is 11.5 Å². The predicted octanol–water partition coefficient (Wildman–Crippen LogP) is 1.31. The Morgan fingerprint density at radius 3 is 2.67 bits per heavy atom. The molecule has 2 aromatic heterocycles. The van der Waals surface area contributed by atoms with Crippen molar-refractivity contribution in [3.63, 3.8) is 0 Å². The van der Waals surface area contributed by atoms with E-state index in [0.29, 0.717) is 18.1 Å². The second-order valence-electron chi connectivity index (χ2n) is 3.99. The lowest BCUT2D eigenvalue weighted by atomic mass is 10.2. The molecule has 92 valence electrons. The number of hydrogen-bond acceptors (Lipinski definition) is 5. The predicted molar refractivity (Wildman–Crippen MR) is 66.8 cm³/mol. The first-order valence-corrected chi connectivity index (χ1v) is 5.57. The Balaban J connectivity index is 2.20. The van der Waals surface area contributed by atoms with Gasteiger partial charge < -0.3 is 5.32 Å². The maximum absolute atomic E-state index is 8.92. The van der Waals surface area contributed by atoms with Gasteiger partial charge in [-0.15, -0.1) is 0 Å². The lowest BCUT2D eigenvalue weighted by molar-refractivity contribution is 0.730. The number of nitriles is 1. The third-order valence-corrected chi connectivity index (χ3v) is 2.90. The number of hydrogen-bond donors (Lipinski definition) is 1. The Hall–Kier alpha value is -2.42. The molecular formula is C12H14N6. The van der Waals surface area contributed by atoms with Crippen LogP contribution in [0.15, 0.2) is 12.4 Å². The average molecular weight is 242 g/mol. The summed E-state index contributed by atoms with van der Waals surface area (Å²) in [6, 6.07) is 2.01. The lowest BCUT2D eigenvalue weighted by Crippen LogP contribution is -2.06. The molecule has 6 nitrogen and oxygen atoms in total. The van der Waals surface area contributed by atoms with Crippen molar-refractivity contribution in [1.82, 2.24) is 19.7 Å². The van der Waals surface area contributed by atoms with Crippen LogP contribution in [-0.2, 0) is 13.6 Å². The zero-order chi connectivity index (χ0) is 13.1. The standard InChI is InChI=1S/C12H14N6/c1-8-10(9(2)18(3)17-8)7-16-12-11(6-13)14-4-5-15-12/h4-5H,7H2,1-3H3,(H,15,16). The van der Waals surface area contributed by atoms with Crippen molar-refractivity contribution >= 4 is 5.82 Å². The topological polar surface area (TPSA) is 79.4 Å². The van der Waals surface area contributed by atoms with E-state index in [1.807, 2.05) is 31.6 Å². The number of rotatable bonds is 3. The number of aromatic nitrogens is 4. The molecule has 0 aliphatic rings. The summed E-state index contributed by atoms with van der Waals surface area (Å²) in [7, 11) is 1.91. The minimum atomic E-state index is 0.302. The molecule has 0 bridgehead atoms. The number of aryl methyl sites for hydroxylation is 2. The van der Waals surface area contributed by atoms with Crippen molar-refractivity contribution in [2.24, 2.45) is 7.05 Å². The Kier molecular flexibility index (Phi) is 3.24. The van der Waals surface area contributed by atoms with E-state index in [-0.39, 0.29) is 0 Å². The van der Waals surface area contributed by atoms with Crippen molar-refractivity contribution in [1.29, 1.82) is 5.26 Å². The van der Waals surface area contributed by atoms with E-state index in [9.17, 15) is 0 Å². The van der Waals surface area contributed by atoms with Crippen LogP contribution in [0, 0.1) is 25.2 Å². The minimum Gasteiger partial charge on any atom is -0.363 e. The van der Waals surface area contributed by atoms with Gasteiger partial charge in [0.2, 0.25) is 0 Å². The summed E-state index contributed by atoms with van der Waals surface area (Å²) < 4.78 is 1.84. The fraction of sp³-hybridized carbons (Fsp3) is 0.333. The molecule has 2 heterocycles. The fourth-order valence-electron chi connectivity index (χ4n) is 1.79. The summed E-state index contributed by atoms with van der Waals surface area (Å²) in [5.41, 5.74) is 3.50. The van der Waals surface area contributed by atoms with Gasteiger partial charge in [0.1, 0.15) is 6.07 Å². The molecule has 0 saturated heterocycles. The van der Waals surface area contributed by atoms with Gasteiger partial charge in [-0.05, 0) is 13.8 Å². The number of nitrogens with one attached hydrogen (secondary N) is 1. The Bertz CT molecular complexity index is 608. The van der Waals surface area contributed by atoms with Gasteiger partial charge >= 0.3 is 0 Å². The molecule has 2 aromatic rings. The van der Waals surface area contributed by atoms with Crippen LogP contribution in [0.2, 0.25) is 0 Å². The first-order chi connectivity index (χ1) is 8.63. The zero-order valence-electron chi connectivity index (χ0n) is 10.6. The summed E-state index contributed by atoms with van der Waals surface area (Å²) in [4.78, 5) is 8.06. The molecule has 0 aromatic carbocycles. The summed E-state index contributed by atoms with van der Waals surface area (Å²) in [6.07, 6.45) is 3.07.